The number of carbonyl (C=O) groups excluding carboxylic acids is 2. The van der Waals surface area contributed by atoms with E-state index in [9.17, 15) is 27.2 Å². The Kier molecular flexibility index (Phi) is 7.11. The fourth-order valence-corrected chi connectivity index (χ4v) is 4.43. The van der Waals surface area contributed by atoms with Crippen molar-refractivity contribution in [1.82, 2.24) is 9.88 Å². The Morgan fingerprint density at radius 2 is 1.85 bits per heavy atom. The largest absolute Gasteiger partial charge is 0.434 e. The zero-order valence-corrected chi connectivity index (χ0v) is 18.5. The molecule has 1 aliphatic heterocycles. The third-order valence-corrected chi connectivity index (χ3v) is 6.19. The summed E-state index contributed by atoms with van der Waals surface area (Å²) in [5.41, 5.74) is 0.549. The van der Waals surface area contributed by atoms with Crippen molar-refractivity contribution in [2.75, 3.05) is 18.4 Å². The molecule has 0 saturated carbocycles. The van der Waals surface area contributed by atoms with Crippen LogP contribution in [0.15, 0.2) is 47.8 Å². The van der Waals surface area contributed by atoms with Crippen LogP contribution in [-0.4, -0.2) is 41.4 Å². The average molecular weight is 493 g/mol. The molecule has 2 aromatic carbocycles. The molecule has 0 radical (unpaired) electrons. The first kappa shape index (κ1) is 23.7. The van der Waals surface area contributed by atoms with E-state index in [-0.39, 0.29) is 36.2 Å². The number of nitrogens with zero attached hydrogens (tertiary/aromatic N) is 2. The van der Waals surface area contributed by atoms with Gasteiger partial charge in [-0.2, -0.15) is 8.78 Å². The molecule has 0 bridgehead atoms. The number of carbonyl (C=O) groups is 2. The number of hydrogen-bond donors (Lipinski definition) is 1. The van der Waals surface area contributed by atoms with Crippen LogP contribution < -0.4 is 10.1 Å². The molecule has 0 spiro atoms. The fraction of sp³-hybridized carbons (Fsp3) is 0.261. The Hall–Kier alpha value is -3.47. The predicted octanol–water partition coefficient (Wildman–Crippen LogP) is 5.18. The zero-order chi connectivity index (χ0) is 24.2. The van der Waals surface area contributed by atoms with Gasteiger partial charge in [0.2, 0.25) is 5.91 Å². The third-order valence-electron chi connectivity index (χ3n) is 5.43. The average Bonchev–Trinajstić information content (AvgIpc) is 3.27. The van der Waals surface area contributed by atoms with E-state index in [0.29, 0.717) is 35.3 Å². The molecule has 0 unspecified atom stereocenters. The van der Waals surface area contributed by atoms with Gasteiger partial charge in [0.1, 0.15) is 17.4 Å². The minimum atomic E-state index is -2.98. The molecular weight excluding hydrogens is 474 g/mol. The van der Waals surface area contributed by atoms with Gasteiger partial charge in [0.15, 0.2) is 5.13 Å². The number of hydrogen-bond acceptors (Lipinski definition) is 5. The van der Waals surface area contributed by atoms with Crippen molar-refractivity contribution >= 4 is 28.3 Å². The lowest BCUT2D eigenvalue weighted by molar-refractivity contribution is -0.121. The van der Waals surface area contributed by atoms with E-state index < -0.39 is 24.2 Å². The van der Waals surface area contributed by atoms with Crippen LogP contribution >= 0.6 is 11.3 Å². The molecule has 1 aliphatic rings. The van der Waals surface area contributed by atoms with Gasteiger partial charge in [-0.05, 0) is 37.1 Å². The van der Waals surface area contributed by atoms with Gasteiger partial charge in [0.05, 0.1) is 11.3 Å². The maximum atomic E-state index is 13.9. The molecule has 178 valence electrons. The van der Waals surface area contributed by atoms with Gasteiger partial charge in [-0.1, -0.05) is 12.1 Å². The summed E-state index contributed by atoms with van der Waals surface area (Å²) in [6, 6.07) is 9.03. The highest BCUT2D eigenvalue weighted by Crippen LogP contribution is 2.33. The first-order chi connectivity index (χ1) is 16.3. The molecule has 1 saturated heterocycles. The lowest BCUT2D eigenvalue weighted by atomic mass is 9.95. The van der Waals surface area contributed by atoms with Crippen molar-refractivity contribution in [3.8, 4) is 17.0 Å². The van der Waals surface area contributed by atoms with Gasteiger partial charge in [-0.3, -0.25) is 9.59 Å². The lowest BCUT2D eigenvalue weighted by Gasteiger charge is -2.31. The first-order valence-electron chi connectivity index (χ1n) is 10.4. The van der Waals surface area contributed by atoms with Crippen molar-refractivity contribution < 1.29 is 31.9 Å². The van der Waals surface area contributed by atoms with E-state index in [1.807, 2.05) is 0 Å². The highest BCUT2D eigenvalue weighted by molar-refractivity contribution is 7.14. The van der Waals surface area contributed by atoms with E-state index in [0.717, 1.165) is 23.5 Å². The van der Waals surface area contributed by atoms with Gasteiger partial charge >= 0.3 is 6.61 Å². The van der Waals surface area contributed by atoms with Crippen LogP contribution in [0.4, 0.5) is 22.7 Å². The molecule has 6 nitrogen and oxygen atoms in total. The topological polar surface area (TPSA) is 71.5 Å². The maximum absolute atomic E-state index is 13.9. The van der Waals surface area contributed by atoms with E-state index in [1.54, 1.807) is 23.6 Å². The van der Waals surface area contributed by atoms with E-state index in [4.69, 9.17) is 0 Å². The molecule has 0 atom stereocenters. The number of likely N-dealkylation sites (tertiary alicyclic amines) is 1. The number of thiazole rings is 1. The Morgan fingerprint density at radius 1 is 1.12 bits per heavy atom. The highest BCUT2D eigenvalue weighted by Gasteiger charge is 2.29. The second-order valence-corrected chi connectivity index (χ2v) is 8.45. The van der Waals surface area contributed by atoms with Crippen LogP contribution in [0.2, 0.25) is 0 Å². The number of para-hydroxylation sites is 1. The zero-order valence-electron chi connectivity index (χ0n) is 17.6. The van der Waals surface area contributed by atoms with Gasteiger partial charge in [-0.25, -0.2) is 13.8 Å². The number of aromatic nitrogens is 1. The van der Waals surface area contributed by atoms with Crippen molar-refractivity contribution in [2.24, 2.45) is 5.92 Å². The quantitative estimate of drug-likeness (QED) is 0.481. The van der Waals surface area contributed by atoms with Crippen molar-refractivity contribution in [1.29, 1.82) is 0 Å². The Bertz CT molecular complexity index is 1200. The Balaban J connectivity index is 1.35. The Morgan fingerprint density at radius 3 is 2.56 bits per heavy atom. The second kappa shape index (κ2) is 10.2. The third kappa shape index (κ3) is 5.36. The van der Waals surface area contributed by atoms with Gasteiger partial charge < -0.3 is 15.0 Å². The summed E-state index contributed by atoms with van der Waals surface area (Å²) in [6.07, 6.45) is 0.730. The van der Waals surface area contributed by atoms with Crippen LogP contribution in [0.1, 0.15) is 23.2 Å². The number of anilines is 1. The van der Waals surface area contributed by atoms with Crippen LogP contribution in [0.5, 0.6) is 5.75 Å². The SMILES string of the molecule is O=C(Nc1nc(-c2ccccc2OC(F)F)cs1)C1CCN(C(=O)c2ccc(F)cc2F)CC1. The van der Waals surface area contributed by atoms with Crippen molar-refractivity contribution in [2.45, 2.75) is 19.5 Å². The number of alkyl halides is 2. The van der Waals surface area contributed by atoms with E-state index in [2.05, 4.69) is 15.0 Å². The fourth-order valence-electron chi connectivity index (χ4n) is 3.72. The molecule has 3 aromatic rings. The molecule has 34 heavy (non-hydrogen) atoms. The molecule has 4 rings (SSSR count). The normalized spacial score (nSPS) is 14.3. The number of ether oxygens (including phenoxy) is 1. The second-order valence-electron chi connectivity index (χ2n) is 7.59. The van der Waals surface area contributed by atoms with Gasteiger partial charge in [0, 0.05) is 36.0 Å². The summed E-state index contributed by atoms with van der Waals surface area (Å²) >= 11 is 1.15. The molecule has 1 aromatic heterocycles. The highest BCUT2D eigenvalue weighted by atomic mass is 32.1. The lowest BCUT2D eigenvalue weighted by Crippen LogP contribution is -2.41. The summed E-state index contributed by atoms with van der Waals surface area (Å²) in [5, 5.41) is 4.66. The number of piperidine rings is 1. The van der Waals surface area contributed by atoms with E-state index >= 15 is 0 Å². The summed E-state index contributed by atoms with van der Waals surface area (Å²) in [4.78, 5) is 31.0. The number of rotatable bonds is 6. The molecule has 2 heterocycles. The van der Waals surface area contributed by atoms with Crippen LogP contribution in [0, 0.1) is 17.6 Å². The standard InChI is InChI=1S/C23H19F4N3O3S/c24-14-5-6-15(17(25)11-14)21(32)30-9-7-13(8-10-30)20(31)29-23-28-18(12-34-23)16-3-1-2-4-19(16)33-22(26)27/h1-6,11-13,22H,7-10H2,(H,28,29,31). The summed E-state index contributed by atoms with van der Waals surface area (Å²) in [6.45, 7) is -2.49. The van der Waals surface area contributed by atoms with Crippen LogP contribution in [0.25, 0.3) is 11.3 Å². The Labute approximate surface area is 196 Å². The molecule has 1 N–H and O–H groups in total. The van der Waals surface area contributed by atoms with Crippen molar-refractivity contribution in [3.63, 3.8) is 0 Å². The number of nitrogens with one attached hydrogen (secondary N) is 1. The summed E-state index contributed by atoms with van der Waals surface area (Å²) in [5.74, 6) is -2.92. The van der Waals surface area contributed by atoms with Crippen LogP contribution in [0.3, 0.4) is 0 Å². The van der Waals surface area contributed by atoms with E-state index in [1.165, 1.54) is 11.0 Å². The summed E-state index contributed by atoms with van der Waals surface area (Å²) in [7, 11) is 0. The molecule has 0 aliphatic carbocycles. The minimum absolute atomic E-state index is 0.0182. The van der Waals surface area contributed by atoms with Gasteiger partial charge in [-0.15, -0.1) is 11.3 Å². The monoisotopic (exact) mass is 493 g/mol. The van der Waals surface area contributed by atoms with Gasteiger partial charge in [0.25, 0.3) is 5.91 Å². The molecule has 1 fully saturated rings. The van der Waals surface area contributed by atoms with Crippen LogP contribution in [-0.2, 0) is 4.79 Å². The smallest absolute Gasteiger partial charge is 0.387 e. The number of benzene rings is 2. The molecule has 2 amide bonds. The maximum Gasteiger partial charge on any atom is 0.387 e. The molecular formula is C23H19F4N3O3S. The van der Waals surface area contributed by atoms with Crippen molar-refractivity contribution in [3.05, 3.63) is 65.0 Å². The predicted molar refractivity (Wildman–Crippen MR) is 118 cm³/mol. The minimum Gasteiger partial charge on any atom is -0.434 e. The molecule has 11 heteroatoms. The first-order valence-corrected chi connectivity index (χ1v) is 11.2. The number of amides is 2. The summed E-state index contributed by atoms with van der Waals surface area (Å²) < 4.78 is 56.8. The number of halogens is 4.